The number of benzene rings is 1. The highest BCUT2D eigenvalue weighted by Crippen LogP contribution is 2.20. The lowest BCUT2D eigenvalue weighted by Gasteiger charge is -2.24. The van der Waals surface area contributed by atoms with Gasteiger partial charge in [-0.2, -0.15) is 4.98 Å². The normalized spacial score (nSPS) is 10.7. The van der Waals surface area contributed by atoms with Crippen LogP contribution in [0.25, 0.3) is 0 Å². The summed E-state index contributed by atoms with van der Waals surface area (Å²) in [5.41, 5.74) is 2.14. The van der Waals surface area contributed by atoms with Crippen molar-refractivity contribution in [2.24, 2.45) is 0 Å². The zero-order valence-electron chi connectivity index (χ0n) is 16.0. The Labute approximate surface area is 152 Å². The molecule has 0 spiro atoms. The van der Waals surface area contributed by atoms with Crippen molar-refractivity contribution in [2.45, 2.75) is 59.3 Å². The van der Waals surface area contributed by atoms with Crippen LogP contribution in [-0.4, -0.2) is 23.1 Å². The fourth-order valence-electron chi connectivity index (χ4n) is 2.77. The second-order valence-corrected chi connectivity index (χ2v) is 6.48. The molecule has 1 aromatic carbocycles. The molecular formula is C21H32N4. The summed E-state index contributed by atoms with van der Waals surface area (Å²) in [4.78, 5) is 12.0. The molecule has 0 aliphatic rings. The third-order valence-corrected chi connectivity index (χ3v) is 4.19. The van der Waals surface area contributed by atoms with E-state index in [0.29, 0.717) is 5.95 Å². The molecule has 4 heteroatoms. The fraction of sp³-hybridized carbons (Fsp3) is 0.524. The molecule has 0 aliphatic heterocycles. The summed E-state index contributed by atoms with van der Waals surface area (Å²) in [5, 5.41) is 3.36. The van der Waals surface area contributed by atoms with Crippen LogP contribution < -0.4 is 10.2 Å². The molecule has 0 aliphatic carbocycles. The van der Waals surface area contributed by atoms with Crippen molar-refractivity contribution in [1.29, 1.82) is 0 Å². The third kappa shape index (κ3) is 6.37. The van der Waals surface area contributed by atoms with Crippen LogP contribution in [0.4, 0.5) is 17.5 Å². The molecule has 1 aromatic heterocycles. The summed E-state index contributed by atoms with van der Waals surface area (Å²) in [5.74, 6) is 1.75. The lowest BCUT2D eigenvalue weighted by atomic mass is 10.2. The molecule has 1 N–H and O–H groups in total. The Kier molecular flexibility index (Phi) is 8.23. The molecule has 2 rings (SSSR count). The van der Waals surface area contributed by atoms with E-state index in [1.165, 1.54) is 25.7 Å². The lowest BCUT2D eigenvalue weighted by Crippen LogP contribution is -2.27. The van der Waals surface area contributed by atoms with E-state index in [1.807, 2.05) is 30.3 Å². The first kappa shape index (κ1) is 19.2. The van der Waals surface area contributed by atoms with Gasteiger partial charge < -0.3 is 10.2 Å². The second-order valence-electron chi connectivity index (χ2n) is 6.48. The number of nitrogens with one attached hydrogen (secondary N) is 1. The van der Waals surface area contributed by atoms with E-state index in [-0.39, 0.29) is 0 Å². The maximum absolute atomic E-state index is 4.82. The molecule has 2 aromatic rings. The van der Waals surface area contributed by atoms with Crippen LogP contribution in [0.5, 0.6) is 0 Å². The van der Waals surface area contributed by atoms with E-state index in [1.54, 1.807) is 0 Å². The monoisotopic (exact) mass is 340 g/mol. The van der Waals surface area contributed by atoms with Crippen LogP contribution in [0.1, 0.15) is 58.6 Å². The van der Waals surface area contributed by atoms with E-state index < -0.39 is 0 Å². The predicted octanol–water partition coefficient (Wildman–Crippen LogP) is 5.58. The largest absolute Gasteiger partial charge is 0.356 e. The fourth-order valence-corrected chi connectivity index (χ4v) is 2.77. The van der Waals surface area contributed by atoms with E-state index in [9.17, 15) is 0 Å². The highest BCUT2D eigenvalue weighted by atomic mass is 15.2. The Morgan fingerprint density at radius 2 is 1.56 bits per heavy atom. The molecule has 0 saturated carbocycles. The van der Waals surface area contributed by atoms with Gasteiger partial charge in [0.1, 0.15) is 5.82 Å². The minimum atomic E-state index is 0.699. The SMILES string of the molecule is CCCCN(CCCC)c1cc(CCC)nc(Nc2ccccc2)n1. The molecule has 0 radical (unpaired) electrons. The topological polar surface area (TPSA) is 41.1 Å². The van der Waals surface area contributed by atoms with Crippen molar-refractivity contribution >= 4 is 17.5 Å². The number of aryl methyl sites for hydroxylation is 1. The number of para-hydroxylation sites is 1. The van der Waals surface area contributed by atoms with Crippen LogP contribution in [-0.2, 0) is 6.42 Å². The molecule has 0 amide bonds. The smallest absolute Gasteiger partial charge is 0.229 e. The van der Waals surface area contributed by atoms with Gasteiger partial charge in [-0.1, -0.05) is 58.2 Å². The highest BCUT2D eigenvalue weighted by Gasteiger charge is 2.11. The average molecular weight is 341 g/mol. The van der Waals surface area contributed by atoms with Gasteiger partial charge in [-0.3, -0.25) is 0 Å². The minimum Gasteiger partial charge on any atom is -0.356 e. The van der Waals surface area contributed by atoms with Crippen LogP contribution >= 0.6 is 0 Å². The standard InChI is InChI=1S/C21H32N4/c1-4-7-15-25(16-8-5-2)20-17-19(12-6-3)23-21(24-20)22-18-13-10-9-11-14-18/h9-11,13-14,17H,4-8,12,15-16H2,1-3H3,(H,22,23,24). The molecule has 0 fully saturated rings. The second kappa shape index (κ2) is 10.7. The van der Waals surface area contributed by atoms with Gasteiger partial charge in [0.2, 0.25) is 5.95 Å². The van der Waals surface area contributed by atoms with Gasteiger partial charge >= 0.3 is 0 Å². The van der Waals surface area contributed by atoms with E-state index in [0.717, 1.165) is 43.1 Å². The molecule has 25 heavy (non-hydrogen) atoms. The predicted molar refractivity (Wildman–Crippen MR) is 108 cm³/mol. The van der Waals surface area contributed by atoms with Gasteiger partial charge in [-0.25, -0.2) is 4.98 Å². The number of unbranched alkanes of at least 4 members (excludes halogenated alkanes) is 2. The Hall–Kier alpha value is -2.10. The van der Waals surface area contributed by atoms with Crippen LogP contribution in [0.3, 0.4) is 0 Å². The zero-order valence-corrected chi connectivity index (χ0v) is 16.0. The summed E-state index contributed by atoms with van der Waals surface area (Å²) in [6, 6.07) is 12.3. The number of rotatable bonds is 11. The Morgan fingerprint density at radius 1 is 0.880 bits per heavy atom. The van der Waals surface area contributed by atoms with Gasteiger partial charge in [0.05, 0.1) is 0 Å². The van der Waals surface area contributed by atoms with E-state index in [4.69, 9.17) is 9.97 Å². The van der Waals surface area contributed by atoms with Crippen molar-refractivity contribution in [1.82, 2.24) is 9.97 Å². The first-order valence-corrected chi connectivity index (χ1v) is 9.71. The van der Waals surface area contributed by atoms with E-state index >= 15 is 0 Å². The van der Waals surface area contributed by atoms with Crippen molar-refractivity contribution in [3.63, 3.8) is 0 Å². The van der Waals surface area contributed by atoms with Gasteiger partial charge in [-0.15, -0.1) is 0 Å². The summed E-state index contributed by atoms with van der Waals surface area (Å²) in [6.45, 7) is 8.79. The molecular weight excluding hydrogens is 308 g/mol. The number of aromatic nitrogens is 2. The minimum absolute atomic E-state index is 0.699. The zero-order chi connectivity index (χ0) is 17.9. The maximum Gasteiger partial charge on any atom is 0.229 e. The number of hydrogen-bond donors (Lipinski definition) is 1. The highest BCUT2D eigenvalue weighted by molar-refractivity contribution is 5.55. The first-order chi connectivity index (χ1) is 12.3. The summed E-state index contributed by atoms with van der Waals surface area (Å²) in [7, 11) is 0. The van der Waals surface area contributed by atoms with Gasteiger partial charge in [0.25, 0.3) is 0 Å². The van der Waals surface area contributed by atoms with Crippen molar-refractivity contribution in [3.05, 3.63) is 42.1 Å². The Balaban J connectivity index is 2.27. The van der Waals surface area contributed by atoms with Crippen molar-refractivity contribution in [3.8, 4) is 0 Å². The number of anilines is 3. The molecule has 0 bridgehead atoms. The third-order valence-electron chi connectivity index (χ3n) is 4.19. The van der Waals surface area contributed by atoms with Crippen molar-refractivity contribution in [2.75, 3.05) is 23.3 Å². The molecule has 0 atom stereocenters. The Morgan fingerprint density at radius 3 is 2.16 bits per heavy atom. The van der Waals surface area contributed by atoms with Crippen LogP contribution in [0, 0.1) is 0 Å². The van der Waals surface area contributed by atoms with Gasteiger partial charge in [0.15, 0.2) is 0 Å². The Bertz CT molecular complexity index is 605. The average Bonchev–Trinajstić information content (AvgIpc) is 2.63. The van der Waals surface area contributed by atoms with Gasteiger partial charge in [-0.05, 0) is 31.4 Å². The first-order valence-electron chi connectivity index (χ1n) is 9.71. The molecule has 0 unspecified atom stereocenters. The summed E-state index contributed by atoms with van der Waals surface area (Å²) >= 11 is 0. The lowest BCUT2D eigenvalue weighted by molar-refractivity contribution is 0.669. The number of nitrogens with zero attached hydrogens (tertiary/aromatic N) is 3. The summed E-state index contributed by atoms with van der Waals surface area (Å²) in [6.07, 6.45) is 6.85. The van der Waals surface area contributed by atoms with Crippen molar-refractivity contribution < 1.29 is 0 Å². The molecule has 136 valence electrons. The molecule has 0 saturated heterocycles. The van der Waals surface area contributed by atoms with Gasteiger partial charge in [0, 0.05) is 30.5 Å². The molecule has 1 heterocycles. The number of hydrogen-bond acceptors (Lipinski definition) is 4. The summed E-state index contributed by atoms with van der Waals surface area (Å²) < 4.78 is 0. The van der Waals surface area contributed by atoms with E-state index in [2.05, 4.69) is 37.1 Å². The molecule has 4 nitrogen and oxygen atoms in total. The van der Waals surface area contributed by atoms with Crippen LogP contribution in [0.2, 0.25) is 0 Å². The van der Waals surface area contributed by atoms with Crippen LogP contribution in [0.15, 0.2) is 36.4 Å². The quantitative estimate of drug-likeness (QED) is 0.580. The maximum atomic E-state index is 4.82.